The van der Waals surface area contributed by atoms with E-state index in [0.29, 0.717) is 5.92 Å². The van der Waals surface area contributed by atoms with E-state index in [0.717, 1.165) is 50.0 Å². The topological polar surface area (TPSA) is 49.6 Å². The number of fused-ring (bicyclic) bond motifs is 1. The number of anilines is 1. The Labute approximate surface area is 147 Å². The van der Waals surface area contributed by atoms with Crippen LogP contribution in [-0.4, -0.2) is 50.7 Å². The Morgan fingerprint density at radius 2 is 1.76 bits per heavy atom. The molecule has 0 bridgehead atoms. The summed E-state index contributed by atoms with van der Waals surface area (Å²) in [4.78, 5) is 9.47. The molecule has 6 nitrogen and oxygen atoms in total. The summed E-state index contributed by atoms with van der Waals surface area (Å²) in [6, 6.07) is 10.7. The molecule has 25 heavy (non-hydrogen) atoms. The molecule has 6 heteroatoms. The third-order valence-corrected chi connectivity index (χ3v) is 5.20. The van der Waals surface area contributed by atoms with E-state index in [1.54, 1.807) is 0 Å². The van der Waals surface area contributed by atoms with Crippen molar-refractivity contribution in [2.45, 2.75) is 25.3 Å². The van der Waals surface area contributed by atoms with E-state index in [1.165, 1.54) is 18.4 Å². The average molecular weight is 334 g/mol. The van der Waals surface area contributed by atoms with Crippen LogP contribution < -0.4 is 4.90 Å². The van der Waals surface area contributed by atoms with Crippen LogP contribution in [-0.2, 0) is 6.54 Å². The highest BCUT2D eigenvalue weighted by Crippen LogP contribution is 2.39. The van der Waals surface area contributed by atoms with E-state index in [2.05, 4.69) is 59.7 Å². The molecular weight excluding hydrogens is 312 g/mol. The smallest absolute Gasteiger partial charge is 0.203 e. The zero-order chi connectivity index (χ0) is 16.6. The number of hydrogen-bond acceptors (Lipinski definition) is 5. The zero-order valence-corrected chi connectivity index (χ0v) is 14.3. The Balaban J connectivity index is 1.31. The van der Waals surface area contributed by atoms with Crippen LogP contribution in [0, 0.1) is 0 Å². The molecule has 2 fully saturated rings. The molecule has 0 atom stereocenters. The molecule has 1 saturated carbocycles. The Bertz CT molecular complexity index is 862. The maximum atomic E-state index is 4.62. The van der Waals surface area contributed by atoms with E-state index in [1.807, 2.05) is 12.4 Å². The number of benzene rings is 1. The Kier molecular flexibility index (Phi) is 3.63. The molecule has 1 aliphatic carbocycles. The van der Waals surface area contributed by atoms with Gasteiger partial charge in [-0.15, -0.1) is 10.2 Å². The largest absolute Gasteiger partial charge is 0.351 e. The maximum absolute atomic E-state index is 4.62. The van der Waals surface area contributed by atoms with E-state index in [9.17, 15) is 0 Å². The highest BCUT2D eigenvalue weighted by atomic mass is 15.3. The lowest BCUT2D eigenvalue weighted by Crippen LogP contribution is -2.46. The van der Waals surface area contributed by atoms with Crippen molar-refractivity contribution >= 4 is 11.5 Å². The van der Waals surface area contributed by atoms with Gasteiger partial charge in [-0.1, -0.05) is 30.3 Å². The highest BCUT2D eigenvalue weighted by molar-refractivity contribution is 5.64. The standard InChI is InChI=1S/C19H22N6/c1-2-4-15(5-3-1)14-23-10-12-24(13-11-23)18-19-22-21-17(16-6-7-16)25(19)9-8-20-18/h1-5,8-9,16H,6-7,10-14H2. The van der Waals surface area contributed by atoms with Gasteiger partial charge in [0.1, 0.15) is 5.82 Å². The van der Waals surface area contributed by atoms with Gasteiger partial charge in [0.25, 0.3) is 0 Å². The molecule has 3 heterocycles. The van der Waals surface area contributed by atoms with Crippen LogP contribution in [0.5, 0.6) is 0 Å². The van der Waals surface area contributed by atoms with Gasteiger partial charge in [0.05, 0.1) is 0 Å². The van der Waals surface area contributed by atoms with Crippen molar-refractivity contribution in [1.82, 2.24) is 24.5 Å². The first-order valence-corrected chi connectivity index (χ1v) is 9.09. The fraction of sp³-hybridized carbons (Fsp3) is 0.421. The molecule has 0 spiro atoms. The second-order valence-electron chi connectivity index (χ2n) is 7.03. The molecule has 2 aromatic heterocycles. The number of piperazine rings is 1. The summed E-state index contributed by atoms with van der Waals surface area (Å²) in [5.41, 5.74) is 2.28. The molecule has 0 amide bonds. The number of rotatable bonds is 4. The van der Waals surface area contributed by atoms with Crippen LogP contribution in [0.1, 0.15) is 30.1 Å². The van der Waals surface area contributed by atoms with Crippen LogP contribution in [0.15, 0.2) is 42.7 Å². The molecule has 1 aromatic carbocycles. The van der Waals surface area contributed by atoms with Gasteiger partial charge in [-0.25, -0.2) is 4.98 Å². The first kappa shape index (κ1) is 14.8. The van der Waals surface area contributed by atoms with Gasteiger partial charge in [-0.2, -0.15) is 0 Å². The van der Waals surface area contributed by atoms with Crippen molar-refractivity contribution in [2.75, 3.05) is 31.1 Å². The van der Waals surface area contributed by atoms with E-state index in [4.69, 9.17) is 0 Å². The lowest BCUT2D eigenvalue weighted by Gasteiger charge is -2.35. The van der Waals surface area contributed by atoms with E-state index < -0.39 is 0 Å². The molecule has 128 valence electrons. The van der Waals surface area contributed by atoms with Crippen molar-refractivity contribution in [3.05, 3.63) is 54.1 Å². The minimum absolute atomic E-state index is 0.591. The van der Waals surface area contributed by atoms with Crippen molar-refractivity contribution in [3.8, 4) is 0 Å². The molecule has 0 radical (unpaired) electrons. The van der Waals surface area contributed by atoms with E-state index in [-0.39, 0.29) is 0 Å². The summed E-state index contributed by atoms with van der Waals surface area (Å²) in [5.74, 6) is 2.66. The number of hydrogen-bond donors (Lipinski definition) is 0. The van der Waals surface area contributed by atoms with Crippen molar-refractivity contribution < 1.29 is 0 Å². The number of nitrogens with zero attached hydrogens (tertiary/aromatic N) is 6. The fourth-order valence-electron chi connectivity index (χ4n) is 3.63. The van der Waals surface area contributed by atoms with Crippen molar-refractivity contribution in [2.24, 2.45) is 0 Å². The summed E-state index contributed by atoms with van der Waals surface area (Å²) in [7, 11) is 0. The quantitative estimate of drug-likeness (QED) is 0.733. The SMILES string of the molecule is c1ccc(CN2CCN(c3nccn4c(C5CC5)nnc34)CC2)cc1. The predicted octanol–water partition coefficient (Wildman–Crippen LogP) is 2.32. The predicted molar refractivity (Wildman–Crippen MR) is 96.7 cm³/mol. The molecule has 0 N–H and O–H groups in total. The van der Waals surface area contributed by atoms with Crippen LogP contribution in [0.3, 0.4) is 0 Å². The second-order valence-corrected chi connectivity index (χ2v) is 7.03. The summed E-state index contributed by atoms with van der Waals surface area (Å²) in [6.45, 7) is 5.06. The van der Waals surface area contributed by atoms with E-state index >= 15 is 0 Å². The summed E-state index contributed by atoms with van der Waals surface area (Å²) in [5, 5.41) is 8.86. The van der Waals surface area contributed by atoms with Gasteiger partial charge in [0, 0.05) is 51.0 Å². The number of aromatic nitrogens is 4. The van der Waals surface area contributed by atoms with Gasteiger partial charge in [-0.05, 0) is 18.4 Å². The fourth-order valence-corrected chi connectivity index (χ4v) is 3.63. The Morgan fingerprint density at radius 3 is 2.52 bits per heavy atom. The summed E-state index contributed by atoms with van der Waals surface area (Å²) < 4.78 is 2.14. The lowest BCUT2D eigenvalue weighted by molar-refractivity contribution is 0.249. The summed E-state index contributed by atoms with van der Waals surface area (Å²) >= 11 is 0. The second kappa shape index (κ2) is 6.11. The molecule has 1 saturated heterocycles. The third-order valence-electron chi connectivity index (χ3n) is 5.20. The Hall–Kier alpha value is -2.47. The Morgan fingerprint density at radius 1 is 0.960 bits per heavy atom. The van der Waals surface area contributed by atoms with Crippen LogP contribution in [0.25, 0.3) is 5.65 Å². The van der Waals surface area contributed by atoms with Crippen molar-refractivity contribution in [1.29, 1.82) is 0 Å². The lowest BCUT2D eigenvalue weighted by atomic mass is 10.2. The molecule has 2 aliphatic rings. The van der Waals surface area contributed by atoms with Gasteiger partial charge in [0.2, 0.25) is 5.65 Å². The van der Waals surface area contributed by atoms with Crippen LogP contribution in [0.4, 0.5) is 5.82 Å². The highest BCUT2D eigenvalue weighted by Gasteiger charge is 2.30. The molecular formula is C19H22N6. The monoisotopic (exact) mass is 334 g/mol. The first-order chi connectivity index (χ1) is 12.4. The van der Waals surface area contributed by atoms with Gasteiger partial charge in [-0.3, -0.25) is 9.30 Å². The van der Waals surface area contributed by atoms with Crippen molar-refractivity contribution in [3.63, 3.8) is 0 Å². The van der Waals surface area contributed by atoms with Gasteiger partial charge in [0.15, 0.2) is 5.82 Å². The molecule has 1 aliphatic heterocycles. The van der Waals surface area contributed by atoms with Crippen LogP contribution in [0.2, 0.25) is 0 Å². The zero-order valence-electron chi connectivity index (χ0n) is 14.3. The maximum Gasteiger partial charge on any atom is 0.203 e. The van der Waals surface area contributed by atoms with Gasteiger partial charge >= 0.3 is 0 Å². The average Bonchev–Trinajstić information content (AvgIpc) is 3.42. The third kappa shape index (κ3) is 2.87. The first-order valence-electron chi connectivity index (χ1n) is 9.09. The molecule has 0 unspecified atom stereocenters. The van der Waals surface area contributed by atoms with Gasteiger partial charge < -0.3 is 4.90 Å². The molecule has 3 aromatic rings. The van der Waals surface area contributed by atoms with Crippen LogP contribution >= 0.6 is 0 Å². The summed E-state index contributed by atoms with van der Waals surface area (Å²) in [6.07, 6.45) is 6.35. The normalized spacial score (nSPS) is 18.8. The molecule has 5 rings (SSSR count). The minimum atomic E-state index is 0.591. The minimum Gasteiger partial charge on any atom is -0.351 e.